The molecular formula is C27H26ClNO5. The Kier molecular flexibility index (Phi) is 5.80. The fourth-order valence-electron chi connectivity index (χ4n) is 4.76. The van der Waals surface area contributed by atoms with E-state index in [0.717, 1.165) is 39.0 Å². The van der Waals surface area contributed by atoms with Gasteiger partial charge in [-0.15, -0.1) is 0 Å². The van der Waals surface area contributed by atoms with Crippen LogP contribution in [0.5, 0.6) is 23.0 Å². The number of aromatic nitrogens is 1. The van der Waals surface area contributed by atoms with Gasteiger partial charge in [0, 0.05) is 21.5 Å². The van der Waals surface area contributed by atoms with E-state index < -0.39 is 5.41 Å². The smallest absolute Gasteiger partial charge is 0.203 e. The highest BCUT2D eigenvalue weighted by Gasteiger charge is 2.46. The molecule has 0 spiro atoms. The molecule has 6 nitrogen and oxygen atoms in total. The van der Waals surface area contributed by atoms with Crippen molar-refractivity contribution in [2.45, 2.75) is 5.41 Å². The molecule has 4 aromatic rings. The second kappa shape index (κ2) is 8.78. The quantitative estimate of drug-likeness (QED) is 0.361. The second-order valence-corrected chi connectivity index (χ2v) is 8.72. The molecule has 2 heterocycles. The van der Waals surface area contributed by atoms with Gasteiger partial charge in [-0.1, -0.05) is 17.7 Å². The molecule has 0 amide bonds. The number of fused-ring (bicyclic) bond motifs is 1. The van der Waals surface area contributed by atoms with Crippen LogP contribution in [0.2, 0.25) is 5.02 Å². The molecule has 1 N–H and O–H groups in total. The minimum absolute atomic E-state index is 0.422. The van der Waals surface area contributed by atoms with E-state index in [9.17, 15) is 0 Å². The lowest BCUT2D eigenvalue weighted by Gasteiger charge is -2.43. The standard InChI is InChI=1S/C27H26ClNO5/c1-30-19-8-5-16(6-9-19)25-24(20-10-7-18(28)13-21(20)29-25)27(14-34-15-27)17-11-22(31-2)26(33-4)23(12-17)32-3/h5-13,29H,14-15H2,1-4H3. The van der Waals surface area contributed by atoms with Crippen molar-refractivity contribution in [3.63, 3.8) is 0 Å². The summed E-state index contributed by atoms with van der Waals surface area (Å²) in [6, 6.07) is 18.0. The van der Waals surface area contributed by atoms with Gasteiger partial charge in [0.2, 0.25) is 5.75 Å². The molecule has 0 bridgehead atoms. The fraction of sp³-hybridized carbons (Fsp3) is 0.259. The van der Waals surface area contributed by atoms with E-state index >= 15 is 0 Å². The van der Waals surface area contributed by atoms with Crippen LogP contribution in [-0.4, -0.2) is 46.6 Å². The first-order valence-electron chi connectivity index (χ1n) is 10.9. The van der Waals surface area contributed by atoms with Crippen LogP contribution in [0.1, 0.15) is 11.1 Å². The molecule has 1 saturated heterocycles. The Balaban J connectivity index is 1.78. The summed E-state index contributed by atoms with van der Waals surface area (Å²) >= 11 is 6.35. The number of ether oxygens (including phenoxy) is 5. The Morgan fingerprint density at radius 2 is 1.50 bits per heavy atom. The van der Waals surface area contributed by atoms with E-state index in [4.69, 9.17) is 35.3 Å². The summed E-state index contributed by atoms with van der Waals surface area (Å²) in [6.07, 6.45) is 0. The first kappa shape index (κ1) is 22.4. The molecule has 1 aliphatic rings. The SMILES string of the molecule is COc1ccc(-c2[nH]c3cc(Cl)ccc3c2C2(c3cc(OC)c(OC)c(OC)c3)COC2)cc1. The first-order valence-corrected chi connectivity index (χ1v) is 11.3. The van der Waals surface area contributed by atoms with Crippen LogP contribution in [0.4, 0.5) is 0 Å². The highest BCUT2D eigenvalue weighted by molar-refractivity contribution is 6.31. The zero-order valence-corrected chi connectivity index (χ0v) is 20.3. The largest absolute Gasteiger partial charge is 0.497 e. The summed E-state index contributed by atoms with van der Waals surface area (Å²) in [4.78, 5) is 3.61. The van der Waals surface area contributed by atoms with Crippen LogP contribution in [0, 0.1) is 0 Å². The van der Waals surface area contributed by atoms with E-state index in [0.29, 0.717) is 35.5 Å². The zero-order chi connectivity index (χ0) is 23.9. The topological polar surface area (TPSA) is 61.9 Å². The number of hydrogen-bond donors (Lipinski definition) is 1. The third-order valence-corrected chi connectivity index (χ3v) is 6.77. The van der Waals surface area contributed by atoms with Crippen LogP contribution < -0.4 is 18.9 Å². The highest BCUT2D eigenvalue weighted by Crippen LogP contribution is 2.50. The summed E-state index contributed by atoms with van der Waals surface area (Å²) in [5.41, 5.74) is 4.77. The van der Waals surface area contributed by atoms with Crippen molar-refractivity contribution in [3.05, 3.63) is 70.7 Å². The van der Waals surface area contributed by atoms with Crippen molar-refractivity contribution < 1.29 is 23.7 Å². The average Bonchev–Trinajstić information content (AvgIpc) is 3.21. The van der Waals surface area contributed by atoms with Gasteiger partial charge in [0.1, 0.15) is 5.75 Å². The number of hydrogen-bond acceptors (Lipinski definition) is 5. The summed E-state index contributed by atoms with van der Waals surface area (Å²) in [6.45, 7) is 1.04. The molecule has 1 fully saturated rings. The lowest BCUT2D eigenvalue weighted by atomic mass is 9.71. The number of H-pyrrole nitrogens is 1. The number of nitrogens with one attached hydrogen (secondary N) is 1. The maximum absolute atomic E-state index is 6.35. The molecule has 34 heavy (non-hydrogen) atoms. The Bertz CT molecular complexity index is 1320. The summed E-state index contributed by atoms with van der Waals surface area (Å²) in [7, 11) is 6.52. The maximum Gasteiger partial charge on any atom is 0.203 e. The molecule has 0 unspecified atom stereocenters. The van der Waals surface area contributed by atoms with E-state index in [2.05, 4.69) is 23.2 Å². The normalized spacial score (nSPS) is 14.5. The van der Waals surface area contributed by atoms with E-state index in [1.54, 1.807) is 28.4 Å². The van der Waals surface area contributed by atoms with Gasteiger partial charge < -0.3 is 28.7 Å². The average molecular weight is 480 g/mol. The number of benzene rings is 3. The van der Waals surface area contributed by atoms with Gasteiger partial charge in [-0.2, -0.15) is 0 Å². The van der Waals surface area contributed by atoms with Crippen molar-refractivity contribution in [3.8, 4) is 34.3 Å². The van der Waals surface area contributed by atoms with E-state index in [-0.39, 0.29) is 0 Å². The predicted octanol–water partition coefficient (Wildman–Crippen LogP) is 5.84. The molecule has 1 aromatic heterocycles. The van der Waals surface area contributed by atoms with E-state index in [1.807, 2.05) is 36.4 Å². The fourth-order valence-corrected chi connectivity index (χ4v) is 4.93. The molecular weight excluding hydrogens is 454 g/mol. The van der Waals surface area contributed by atoms with Crippen molar-refractivity contribution in [2.24, 2.45) is 0 Å². The summed E-state index contributed by atoms with van der Waals surface area (Å²) < 4.78 is 28.1. The third kappa shape index (κ3) is 3.45. The Labute approximate surface area is 203 Å². The zero-order valence-electron chi connectivity index (χ0n) is 19.5. The van der Waals surface area contributed by atoms with Crippen molar-refractivity contribution in [2.75, 3.05) is 41.7 Å². The van der Waals surface area contributed by atoms with Crippen molar-refractivity contribution >= 4 is 22.5 Å². The number of halogens is 1. The molecule has 7 heteroatoms. The Hall–Kier alpha value is -3.35. The molecule has 0 saturated carbocycles. The summed E-state index contributed by atoms with van der Waals surface area (Å²) in [5, 5.41) is 1.76. The van der Waals surface area contributed by atoms with Gasteiger partial charge in [0.25, 0.3) is 0 Å². The maximum atomic E-state index is 6.35. The molecule has 0 radical (unpaired) electrons. The van der Waals surface area contributed by atoms with Gasteiger partial charge in [-0.25, -0.2) is 0 Å². The number of methoxy groups -OCH3 is 4. The molecule has 3 aromatic carbocycles. The lowest BCUT2D eigenvalue weighted by molar-refractivity contribution is -0.0371. The predicted molar refractivity (Wildman–Crippen MR) is 133 cm³/mol. The Morgan fingerprint density at radius 1 is 0.824 bits per heavy atom. The van der Waals surface area contributed by atoms with Crippen LogP contribution in [0.25, 0.3) is 22.2 Å². The van der Waals surface area contributed by atoms with Gasteiger partial charge >= 0.3 is 0 Å². The first-order chi connectivity index (χ1) is 16.5. The molecule has 0 atom stereocenters. The van der Waals surface area contributed by atoms with Crippen LogP contribution >= 0.6 is 11.6 Å². The Morgan fingerprint density at radius 3 is 2.03 bits per heavy atom. The van der Waals surface area contributed by atoms with Crippen molar-refractivity contribution in [1.29, 1.82) is 0 Å². The van der Waals surface area contributed by atoms with Crippen LogP contribution in [0.3, 0.4) is 0 Å². The van der Waals surface area contributed by atoms with Gasteiger partial charge in [-0.05, 0) is 59.7 Å². The highest BCUT2D eigenvalue weighted by atomic mass is 35.5. The molecule has 0 aliphatic carbocycles. The summed E-state index contributed by atoms with van der Waals surface area (Å²) in [5.74, 6) is 2.58. The number of aromatic amines is 1. The minimum atomic E-state index is -0.422. The number of rotatable bonds is 7. The minimum Gasteiger partial charge on any atom is -0.497 e. The molecule has 1 aliphatic heterocycles. The molecule has 176 valence electrons. The molecule has 5 rings (SSSR count). The van der Waals surface area contributed by atoms with Gasteiger partial charge in [0.15, 0.2) is 11.5 Å². The van der Waals surface area contributed by atoms with Crippen LogP contribution in [0.15, 0.2) is 54.6 Å². The van der Waals surface area contributed by atoms with E-state index in [1.165, 1.54) is 0 Å². The lowest BCUT2D eigenvalue weighted by Crippen LogP contribution is -2.48. The van der Waals surface area contributed by atoms with Gasteiger partial charge in [-0.3, -0.25) is 0 Å². The third-order valence-electron chi connectivity index (χ3n) is 6.53. The second-order valence-electron chi connectivity index (χ2n) is 8.28. The van der Waals surface area contributed by atoms with Crippen LogP contribution in [-0.2, 0) is 10.2 Å². The van der Waals surface area contributed by atoms with Gasteiger partial charge in [0.05, 0.1) is 52.8 Å². The van der Waals surface area contributed by atoms with Crippen molar-refractivity contribution in [1.82, 2.24) is 4.98 Å². The monoisotopic (exact) mass is 479 g/mol.